The minimum Gasteiger partial charge on any atom is -0.457 e. The Bertz CT molecular complexity index is 1180. The number of rotatable bonds is 6. The average Bonchev–Trinajstić information content (AvgIpc) is 3.20. The first kappa shape index (κ1) is 20.1. The van der Waals surface area contributed by atoms with Gasteiger partial charge in [-0.1, -0.05) is 65.8 Å². The molecule has 0 saturated carbocycles. The maximum atomic E-state index is 12.7. The fourth-order valence-electron chi connectivity index (χ4n) is 3.10. The smallest absolute Gasteiger partial charge is 0.344 e. The molecule has 4 rings (SSSR count). The van der Waals surface area contributed by atoms with E-state index in [-0.39, 0.29) is 12.5 Å². The number of esters is 1. The van der Waals surface area contributed by atoms with Crippen LogP contribution in [0.3, 0.4) is 0 Å². The van der Waals surface area contributed by atoms with Crippen LogP contribution in [0.15, 0.2) is 89.5 Å². The van der Waals surface area contributed by atoms with Crippen molar-refractivity contribution in [2.24, 2.45) is 0 Å². The maximum absolute atomic E-state index is 12.7. The van der Waals surface area contributed by atoms with Crippen molar-refractivity contribution < 1.29 is 18.8 Å². The molecule has 6 nitrogen and oxygen atoms in total. The number of hydrogen-bond acceptors (Lipinski definition) is 5. The lowest BCUT2D eigenvalue weighted by molar-refractivity contribution is 0.0471. The van der Waals surface area contributed by atoms with Crippen molar-refractivity contribution in [1.82, 2.24) is 5.16 Å². The van der Waals surface area contributed by atoms with E-state index in [0.29, 0.717) is 22.6 Å². The summed E-state index contributed by atoms with van der Waals surface area (Å²) >= 11 is 0. The summed E-state index contributed by atoms with van der Waals surface area (Å²) in [5.41, 5.74) is 3.55. The highest BCUT2D eigenvalue weighted by Crippen LogP contribution is 2.26. The van der Waals surface area contributed by atoms with Gasteiger partial charge in [-0.2, -0.15) is 0 Å². The van der Waals surface area contributed by atoms with Crippen molar-refractivity contribution in [3.63, 3.8) is 0 Å². The van der Waals surface area contributed by atoms with E-state index in [0.717, 1.165) is 16.8 Å². The van der Waals surface area contributed by atoms with Crippen LogP contribution in [0.2, 0.25) is 0 Å². The Kier molecular flexibility index (Phi) is 5.89. The fraction of sp³-hybridized carbons (Fsp3) is 0.0800. The number of amides is 1. The molecule has 1 heterocycles. The Morgan fingerprint density at radius 2 is 1.55 bits per heavy atom. The summed E-state index contributed by atoms with van der Waals surface area (Å²) in [6.07, 6.45) is 0. The van der Waals surface area contributed by atoms with Crippen molar-refractivity contribution in [3.05, 3.63) is 107 Å². The van der Waals surface area contributed by atoms with Gasteiger partial charge in [0.15, 0.2) is 0 Å². The topological polar surface area (TPSA) is 81.4 Å². The van der Waals surface area contributed by atoms with Gasteiger partial charge >= 0.3 is 5.97 Å². The summed E-state index contributed by atoms with van der Waals surface area (Å²) in [6.45, 7) is 1.74. The van der Waals surface area contributed by atoms with Crippen molar-refractivity contribution >= 4 is 17.6 Å². The van der Waals surface area contributed by atoms with Gasteiger partial charge < -0.3 is 14.6 Å². The molecule has 0 aliphatic carbocycles. The normalized spacial score (nSPS) is 10.5. The monoisotopic (exact) mass is 412 g/mol. The van der Waals surface area contributed by atoms with Gasteiger partial charge in [-0.3, -0.25) is 4.79 Å². The maximum Gasteiger partial charge on any atom is 0.344 e. The van der Waals surface area contributed by atoms with E-state index in [1.165, 1.54) is 0 Å². The lowest BCUT2D eigenvalue weighted by atomic mass is 10.1. The first-order valence-electron chi connectivity index (χ1n) is 9.76. The first-order valence-corrected chi connectivity index (χ1v) is 9.76. The van der Waals surface area contributed by atoms with Crippen LogP contribution in [0.5, 0.6) is 0 Å². The number of carbonyl (C=O) groups is 2. The summed E-state index contributed by atoms with van der Waals surface area (Å²) < 4.78 is 10.7. The molecule has 0 saturated heterocycles. The molecule has 0 aliphatic rings. The molecule has 0 aliphatic heterocycles. The molecule has 0 fully saturated rings. The van der Waals surface area contributed by atoms with Crippen LogP contribution in [0.4, 0.5) is 5.69 Å². The summed E-state index contributed by atoms with van der Waals surface area (Å²) in [5.74, 6) is -0.317. The molecule has 0 atom stereocenters. The summed E-state index contributed by atoms with van der Waals surface area (Å²) in [6, 6.07) is 25.5. The van der Waals surface area contributed by atoms with E-state index in [1.54, 1.807) is 31.2 Å². The van der Waals surface area contributed by atoms with Crippen LogP contribution in [0.25, 0.3) is 11.3 Å². The molecular weight excluding hydrogens is 392 g/mol. The van der Waals surface area contributed by atoms with Gasteiger partial charge in [0.05, 0.1) is 0 Å². The number of anilines is 1. The zero-order valence-corrected chi connectivity index (χ0v) is 16.9. The minimum absolute atomic E-state index is 0.0677. The lowest BCUT2D eigenvalue weighted by Gasteiger charge is -2.08. The molecule has 154 valence electrons. The molecule has 1 amide bonds. The third-order valence-corrected chi connectivity index (χ3v) is 4.73. The number of carbonyl (C=O) groups excluding carboxylic acids is 2. The highest BCUT2D eigenvalue weighted by molar-refractivity contribution is 6.04. The van der Waals surface area contributed by atoms with Gasteiger partial charge in [-0.05, 0) is 36.8 Å². The second kappa shape index (κ2) is 9.09. The van der Waals surface area contributed by atoms with E-state index < -0.39 is 5.97 Å². The zero-order chi connectivity index (χ0) is 21.6. The molecule has 0 bridgehead atoms. The molecule has 4 aromatic rings. The van der Waals surface area contributed by atoms with Gasteiger partial charge in [0.25, 0.3) is 5.91 Å². The lowest BCUT2D eigenvalue weighted by Crippen LogP contribution is -2.12. The fourth-order valence-corrected chi connectivity index (χ4v) is 3.10. The van der Waals surface area contributed by atoms with E-state index in [9.17, 15) is 9.59 Å². The predicted octanol–water partition coefficient (Wildman–Crippen LogP) is 5.26. The standard InChI is InChI=1S/C25H20N2O4/c1-17-22(23(27-31-17)19-8-4-2-5-9-19)25(29)30-16-18-12-14-20(15-13-18)24(28)26-21-10-6-3-7-11-21/h2-15H,16H2,1H3,(H,26,28). The molecule has 0 radical (unpaired) electrons. The number of benzene rings is 3. The average molecular weight is 412 g/mol. The summed E-state index contributed by atoms with van der Waals surface area (Å²) in [7, 11) is 0. The second-order valence-electron chi connectivity index (χ2n) is 6.92. The van der Waals surface area contributed by atoms with Gasteiger partial charge in [0.1, 0.15) is 23.6 Å². The van der Waals surface area contributed by atoms with Gasteiger partial charge in [0, 0.05) is 16.8 Å². The molecular formula is C25H20N2O4. The Morgan fingerprint density at radius 3 is 2.23 bits per heavy atom. The van der Waals surface area contributed by atoms with Gasteiger partial charge in [-0.15, -0.1) is 0 Å². The molecule has 3 aromatic carbocycles. The SMILES string of the molecule is Cc1onc(-c2ccccc2)c1C(=O)OCc1ccc(C(=O)Nc2ccccc2)cc1. The number of aromatic nitrogens is 1. The van der Waals surface area contributed by atoms with Crippen LogP contribution in [0.1, 0.15) is 32.0 Å². The first-order chi connectivity index (χ1) is 15.1. The highest BCUT2D eigenvalue weighted by atomic mass is 16.5. The highest BCUT2D eigenvalue weighted by Gasteiger charge is 2.23. The number of para-hydroxylation sites is 1. The molecule has 1 aromatic heterocycles. The summed E-state index contributed by atoms with van der Waals surface area (Å²) in [5, 5.41) is 6.84. The van der Waals surface area contributed by atoms with Crippen LogP contribution in [-0.2, 0) is 11.3 Å². The van der Waals surface area contributed by atoms with Crippen LogP contribution < -0.4 is 5.32 Å². The van der Waals surface area contributed by atoms with Crippen molar-refractivity contribution in [2.45, 2.75) is 13.5 Å². The quantitative estimate of drug-likeness (QED) is 0.437. The van der Waals surface area contributed by atoms with Crippen molar-refractivity contribution in [2.75, 3.05) is 5.32 Å². The molecule has 0 spiro atoms. The molecule has 0 unspecified atom stereocenters. The van der Waals surface area contributed by atoms with Crippen LogP contribution in [-0.4, -0.2) is 17.0 Å². The number of nitrogens with zero attached hydrogens (tertiary/aromatic N) is 1. The number of aryl methyl sites for hydroxylation is 1. The number of ether oxygens (including phenoxy) is 1. The Labute approximate surface area is 179 Å². The third-order valence-electron chi connectivity index (χ3n) is 4.73. The largest absolute Gasteiger partial charge is 0.457 e. The minimum atomic E-state index is -0.511. The Hall–Kier alpha value is -4.19. The Morgan fingerprint density at radius 1 is 0.903 bits per heavy atom. The predicted molar refractivity (Wildman–Crippen MR) is 117 cm³/mol. The Balaban J connectivity index is 1.41. The number of nitrogens with one attached hydrogen (secondary N) is 1. The molecule has 31 heavy (non-hydrogen) atoms. The zero-order valence-electron chi connectivity index (χ0n) is 16.9. The van der Waals surface area contributed by atoms with E-state index in [1.807, 2.05) is 60.7 Å². The van der Waals surface area contributed by atoms with Gasteiger partial charge in [0.2, 0.25) is 0 Å². The van der Waals surface area contributed by atoms with Crippen LogP contribution >= 0.6 is 0 Å². The van der Waals surface area contributed by atoms with E-state index in [2.05, 4.69) is 10.5 Å². The van der Waals surface area contributed by atoms with Crippen molar-refractivity contribution in [3.8, 4) is 11.3 Å². The van der Waals surface area contributed by atoms with E-state index >= 15 is 0 Å². The van der Waals surface area contributed by atoms with Crippen molar-refractivity contribution in [1.29, 1.82) is 0 Å². The summed E-state index contributed by atoms with van der Waals surface area (Å²) in [4.78, 5) is 25.0. The van der Waals surface area contributed by atoms with Gasteiger partial charge in [-0.25, -0.2) is 4.79 Å². The second-order valence-corrected chi connectivity index (χ2v) is 6.92. The third kappa shape index (κ3) is 4.70. The molecule has 6 heteroatoms. The van der Waals surface area contributed by atoms with E-state index in [4.69, 9.17) is 9.26 Å². The number of hydrogen-bond donors (Lipinski definition) is 1. The molecule has 1 N–H and O–H groups in total. The van der Waals surface area contributed by atoms with Crippen LogP contribution in [0, 0.1) is 6.92 Å².